The van der Waals surface area contributed by atoms with E-state index in [1.807, 2.05) is 0 Å². The van der Waals surface area contributed by atoms with Gasteiger partial charge in [0.2, 0.25) is 0 Å². The molecule has 0 aromatic carbocycles. The summed E-state index contributed by atoms with van der Waals surface area (Å²) in [6.45, 7) is 0. The molecular formula is CCeO3Zr+5. The zero-order chi connectivity index (χ0) is 3.58. The molecule has 0 rings (SSSR count). The van der Waals surface area contributed by atoms with Gasteiger partial charge in [-0.2, -0.15) is 0 Å². The molecule has 0 aliphatic heterocycles. The molecule has 0 spiro atoms. The Morgan fingerprint density at radius 1 is 1.33 bits per heavy atom. The molecular weight excluding hydrogens is 291 g/mol. The average molecular weight is 291 g/mol. The standard InChI is InChI=1S/CH2O3.Ce.Zr/c2-1(3)4;;/h(H2,2,3,4);;/q;+3;+4/p-2. The van der Waals surface area contributed by atoms with Gasteiger partial charge in [0.25, 0.3) is 0 Å². The minimum atomic E-state index is -2.33. The molecule has 0 heterocycles. The molecule has 0 aliphatic carbocycles. The zero-order valence-electron chi connectivity index (χ0n) is 2.72. The second-order valence-corrected chi connectivity index (χ2v) is 0.250. The van der Waals surface area contributed by atoms with Crippen molar-refractivity contribution in [2.45, 2.75) is 0 Å². The van der Waals surface area contributed by atoms with Crippen LogP contribution in [0.2, 0.25) is 0 Å². The van der Waals surface area contributed by atoms with Crippen LogP contribution in [0.3, 0.4) is 0 Å². The SMILES string of the molecule is O=C([O-])[O-].[Ce+3].[Zr+4]. The van der Waals surface area contributed by atoms with Crippen molar-refractivity contribution in [2.24, 2.45) is 0 Å². The second kappa shape index (κ2) is 9.73. The van der Waals surface area contributed by atoms with E-state index in [1.54, 1.807) is 0 Å². The largest absolute Gasteiger partial charge is 4.00 e. The van der Waals surface area contributed by atoms with Crippen LogP contribution >= 0.6 is 0 Å². The van der Waals surface area contributed by atoms with Gasteiger partial charge >= 0.3 is 68.0 Å². The van der Waals surface area contributed by atoms with E-state index in [2.05, 4.69) is 0 Å². The van der Waals surface area contributed by atoms with Crippen LogP contribution in [0.5, 0.6) is 0 Å². The Kier molecular flexibility index (Phi) is 25.4. The van der Waals surface area contributed by atoms with Crippen LogP contribution in [0.25, 0.3) is 0 Å². The molecule has 0 aromatic heterocycles. The molecule has 0 amide bonds. The van der Waals surface area contributed by atoms with Crippen LogP contribution in [-0.4, -0.2) is 6.16 Å². The summed E-state index contributed by atoms with van der Waals surface area (Å²) in [6.07, 6.45) is -2.33. The van der Waals surface area contributed by atoms with Gasteiger partial charge in [0.1, 0.15) is 0 Å². The molecule has 0 aliphatic rings. The van der Waals surface area contributed by atoms with Crippen molar-refractivity contribution in [3.63, 3.8) is 0 Å². The van der Waals surface area contributed by atoms with Crippen molar-refractivity contribution in [2.75, 3.05) is 0 Å². The van der Waals surface area contributed by atoms with Crippen LogP contribution in [0.15, 0.2) is 0 Å². The number of carbonyl (C=O) groups excluding carboxylic acids is 1. The second-order valence-electron chi connectivity index (χ2n) is 0.250. The Labute approximate surface area is 87.6 Å². The van der Waals surface area contributed by atoms with Gasteiger partial charge in [-0.25, -0.2) is 0 Å². The molecule has 0 bridgehead atoms. The minimum Gasteiger partial charge on any atom is -0.652 e. The number of carboxylic acid groups (broad SMARTS) is 2. The molecule has 0 N–H and O–H groups in total. The molecule has 0 unspecified atom stereocenters. The maximum absolute atomic E-state index is 8.33. The number of hydrogen-bond acceptors (Lipinski definition) is 3. The van der Waals surface area contributed by atoms with Gasteiger partial charge in [-0.15, -0.1) is 0 Å². The summed E-state index contributed by atoms with van der Waals surface area (Å²) in [7, 11) is 0. The quantitative estimate of drug-likeness (QED) is 0.498. The van der Waals surface area contributed by atoms with Gasteiger partial charge in [-0.3, -0.25) is 0 Å². The monoisotopic (exact) mass is 290 g/mol. The number of hydrogen-bond donors (Lipinski definition) is 0. The van der Waals surface area contributed by atoms with Gasteiger partial charge in [-0.1, -0.05) is 0 Å². The van der Waals surface area contributed by atoms with Crippen LogP contribution in [-0.2, 0) is 26.2 Å². The van der Waals surface area contributed by atoms with Crippen LogP contribution < -0.4 is 10.2 Å². The molecule has 1 radical (unpaired) electrons. The predicted molar refractivity (Wildman–Crippen MR) is 5.40 cm³/mol. The molecule has 5 heteroatoms. The number of carbonyl (C=O) groups is 1. The van der Waals surface area contributed by atoms with Gasteiger partial charge in [-0.05, 0) is 6.16 Å². The first-order chi connectivity index (χ1) is 1.73. The average Bonchev–Trinajstić information content (AvgIpc) is 0.811. The molecule has 0 atom stereocenters. The third-order valence-electron chi connectivity index (χ3n) is 0. The van der Waals surface area contributed by atoms with E-state index >= 15 is 0 Å². The van der Waals surface area contributed by atoms with E-state index in [0.29, 0.717) is 0 Å². The van der Waals surface area contributed by atoms with Crippen molar-refractivity contribution >= 4 is 6.16 Å². The van der Waals surface area contributed by atoms with E-state index in [-0.39, 0.29) is 68.0 Å². The van der Waals surface area contributed by atoms with Crippen LogP contribution in [0, 0.1) is 41.7 Å². The molecule has 0 fully saturated rings. The Morgan fingerprint density at radius 2 is 1.33 bits per heavy atom. The van der Waals surface area contributed by atoms with Gasteiger partial charge < -0.3 is 15.0 Å². The smallest absolute Gasteiger partial charge is 0.652 e. The summed E-state index contributed by atoms with van der Waals surface area (Å²) in [6, 6.07) is 0. The van der Waals surface area contributed by atoms with Crippen molar-refractivity contribution in [1.29, 1.82) is 0 Å². The summed E-state index contributed by atoms with van der Waals surface area (Å²) in [5.74, 6) is 0. The van der Waals surface area contributed by atoms with Crippen LogP contribution in [0.1, 0.15) is 0 Å². The third kappa shape index (κ3) is 48.5. The van der Waals surface area contributed by atoms with Gasteiger partial charge in [0, 0.05) is 0 Å². The Hall–Kier alpha value is 1.53. The molecule has 3 nitrogen and oxygen atoms in total. The summed E-state index contributed by atoms with van der Waals surface area (Å²) < 4.78 is 0. The molecule has 0 aromatic rings. The van der Waals surface area contributed by atoms with Crippen molar-refractivity contribution < 1.29 is 83.0 Å². The predicted octanol–water partition coefficient (Wildman–Crippen LogP) is -2.45. The first kappa shape index (κ1) is 15.6. The zero-order valence-corrected chi connectivity index (χ0v) is 8.32. The molecule has 0 saturated heterocycles. The summed E-state index contributed by atoms with van der Waals surface area (Å²) in [5, 5.41) is 16.7. The van der Waals surface area contributed by atoms with E-state index in [1.165, 1.54) is 0 Å². The number of rotatable bonds is 0. The maximum atomic E-state index is 8.33. The van der Waals surface area contributed by atoms with Crippen molar-refractivity contribution in [3.05, 3.63) is 0 Å². The molecule has 6 heavy (non-hydrogen) atoms. The molecule has 25 valence electrons. The Morgan fingerprint density at radius 3 is 1.33 bits per heavy atom. The summed E-state index contributed by atoms with van der Waals surface area (Å²) in [4.78, 5) is 8.33. The van der Waals surface area contributed by atoms with E-state index in [4.69, 9.17) is 15.0 Å². The molecule has 0 saturated carbocycles. The summed E-state index contributed by atoms with van der Waals surface area (Å²) >= 11 is 0. The Bertz CT molecular complexity index is 33.8. The van der Waals surface area contributed by atoms with Gasteiger partial charge in [0.05, 0.1) is 0 Å². The maximum Gasteiger partial charge on any atom is 4.00 e. The van der Waals surface area contributed by atoms with Crippen molar-refractivity contribution in [1.82, 2.24) is 0 Å². The minimum absolute atomic E-state index is 0. The Balaban J connectivity index is -0.0000000450. The first-order valence-corrected chi connectivity index (χ1v) is 0.612. The van der Waals surface area contributed by atoms with E-state index < -0.39 is 6.16 Å². The van der Waals surface area contributed by atoms with Crippen molar-refractivity contribution in [3.8, 4) is 0 Å². The fourth-order valence-electron chi connectivity index (χ4n) is 0. The van der Waals surface area contributed by atoms with Gasteiger partial charge in [0.15, 0.2) is 0 Å². The fourth-order valence-corrected chi connectivity index (χ4v) is 0. The van der Waals surface area contributed by atoms with Crippen LogP contribution in [0.4, 0.5) is 4.79 Å². The topological polar surface area (TPSA) is 63.2 Å². The fraction of sp³-hybridized carbons (Fsp3) is 0. The van der Waals surface area contributed by atoms with E-state index in [0.717, 1.165) is 0 Å². The summed E-state index contributed by atoms with van der Waals surface area (Å²) in [5.41, 5.74) is 0. The first-order valence-electron chi connectivity index (χ1n) is 0.612. The third-order valence-corrected chi connectivity index (χ3v) is 0. The normalized spacial score (nSPS) is 4.00. The van der Waals surface area contributed by atoms with E-state index in [9.17, 15) is 0 Å².